The number of rotatable bonds is 1. The maximum absolute atomic E-state index is 8.90. The monoisotopic (exact) mass is 274 g/mol. The third-order valence-electron chi connectivity index (χ3n) is 2.49. The molecule has 0 amide bonds. The molecule has 0 saturated heterocycles. The smallest absolute Gasteiger partial charge is 0.138 e. The number of hydrogen-bond acceptors (Lipinski definition) is 2. The number of benzene rings is 1. The Bertz CT molecular complexity index is 550. The molecule has 0 fully saturated rings. The van der Waals surface area contributed by atoms with Crippen molar-refractivity contribution >= 4 is 26.1 Å². The van der Waals surface area contributed by atoms with Crippen LogP contribution in [0.15, 0.2) is 29.0 Å². The zero-order chi connectivity index (χ0) is 11.7. The van der Waals surface area contributed by atoms with Crippen molar-refractivity contribution in [2.45, 2.75) is 13.8 Å². The minimum Gasteiger partial charge on any atom is -0.192 e. The molecule has 79 valence electrons. The number of allylic oxidation sites excluding steroid dienone is 2. The Hall–Kier alpha value is -1.60. The fourth-order valence-corrected chi connectivity index (χ4v) is 2.21. The summed E-state index contributed by atoms with van der Waals surface area (Å²) >= 11 is 3.38. The van der Waals surface area contributed by atoms with Crippen molar-refractivity contribution < 1.29 is 0 Å². The lowest BCUT2D eigenvalue weighted by molar-refractivity contribution is 0.899. The molecular weight excluding hydrogens is 266 g/mol. The van der Waals surface area contributed by atoms with Crippen LogP contribution in [0.1, 0.15) is 23.6 Å². The molecule has 1 aliphatic rings. The second kappa shape index (κ2) is 4.11. The van der Waals surface area contributed by atoms with Crippen molar-refractivity contribution in [1.82, 2.24) is 5.43 Å². The molecule has 1 radical (unpaired) electrons. The Morgan fingerprint density at radius 2 is 2.06 bits per heavy atom. The number of halogens is 1. The molecule has 1 aliphatic heterocycles. The van der Waals surface area contributed by atoms with Gasteiger partial charge in [0.1, 0.15) is 4.62 Å². The molecule has 0 bridgehead atoms. The molecule has 3 nitrogen and oxygen atoms in total. The van der Waals surface area contributed by atoms with Gasteiger partial charge in [0.2, 0.25) is 0 Å². The van der Waals surface area contributed by atoms with Crippen LogP contribution < -0.4 is 5.43 Å². The van der Waals surface area contributed by atoms with E-state index in [0.29, 0.717) is 5.56 Å². The van der Waals surface area contributed by atoms with Crippen LogP contribution >= 0.6 is 15.9 Å². The normalized spacial score (nSPS) is 14.5. The van der Waals surface area contributed by atoms with Gasteiger partial charge in [-0.1, -0.05) is 6.07 Å². The minimum absolute atomic E-state index is 0.646. The molecule has 1 aromatic rings. The summed E-state index contributed by atoms with van der Waals surface area (Å²) < 4.78 is 0.725. The highest BCUT2D eigenvalue weighted by molar-refractivity contribution is 9.18. The molecule has 1 heterocycles. The van der Waals surface area contributed by atoms with Crippen LogP contribution in [0, 0.1) is 18.3 Å². The number of nitriles is 1. The van der Waals surface area contributed by atoms with E-state index in [4.69, 9.17) is 5.26 Å². The second-order valence-corrected chi connectivity index (χ2v) is 4.34. The average molecular weight is 275 g/mol. The van der Waals surface area contributed by atoms with E-state index >= 15 is 0 Å². The molecule has 2 rings (SSSR count). The standard InChI is InChI=1S/C12H9BrN3/c1-7-3-4-9(6-14)5-10(7)11-8(2)15-16-12(11)13/h3-5H,1-2H3. The molecule has 0 aromatic heterocycles. The summed E-state index contributed by atoms with van der Waals surface area (Å²) in [7, 11) is 0. The quantitative estimate of drug-likeness (QED) is 0.777. The predicted octanol–water partition coefficient (Wildman–Crippen LogP) is 2.92. The Morgan fingerprint density at radius 3 is 2.62 bits per heavy atom. The van der Waals surface area contributed by atoms with Crippen LogP contribution in [0.2, 0.25) is 0 Å². The summed E-state index contributed by atoms with van der Waals surface area (Å²) in [5, 5.41) is 12.9. The molecule has 0 unspecified atom stereocenters. The van der Waals surface area contributed by atoms with E-state index < -0.39 is 0 Å². The van der Waals surface area contributed by atoms with Gasteiger partial charge in [-0.25, -0.2) is 0 Å². The molecule has 0 aliphatic carbocycles. The SMILES string of the molecule is CC1=C(c2cc(C#N)ccc2C)C(Br)=N[N]1. The van der Waals surface area contributed by atoms with Gasteiger partial charge in [-0.15, -0.1) is 5.10 Å². The van der Waals surface area contributed by atoms with E-state index in [1.807, 2.05) is 32.0 Å². The van der Waals surface area contributed by atoms with Crippen molar-refractivity contribution in [1.29, 1.82) is 5.26 Å². The maximum Gasteiger partial charge on any atom is 0.138 e. The van der Waals surface area contributed by atoms with Crippen molar-refractivity contribution in [2.24, 2.45) is 5.10 Å². The first kappa shape index (κ1) is 10.9. The van der Waals surface area contributed by atoms with Crippen molar-refractivity contribution in [3.63, 3.8) is 0 Å². The third-order valence-corrected chi connectivity index (χ3v) is 3.05. The number of hydrogen-bond donors (Lipinski definition) is 0. The van der Waals surface area contributed by atoms with Gasteiger partial charge in [0.05, 0.1) is 17.3 Å². The summed E-state index contributed by atoms with van der Waals surface area (Å²) in [6.45, 7) is 3.92. The Labute approximate surface area is 103 Å². The second-order valence-electron chi connectivity index (χ2n) is 3.59. The van der Waals surface area contributed by atoms with Crippen LogP contribution in [0.3, 0.4) is 0 Å². The summed E-state index contributed by atoms with van der Waals surface area (Å²) in [5.41, 5.74) is 8.61. The summed E-state index contributed by atoms with van der Waals surface area (Å²) in [4.78, 5) is 0. The average Bonchev–Trinajstić information content (AvgIpc) is 2.60. The van der Waals surface area contributed by atoms with Crippen LogP contribution in [-0.4, -0.2) is 4.62 Å². The van der Waals surface area contributed by atoms with Gasteiger partial charge in [0, 0.05) is 5.57 Å². The summed E-state index contributed by atoms with van der Waals surface area (Å²) in [5.74, 6) is 0. The highest BCUT2D eigenvalue weighted by Crippen LogP contribution is 2.29. The lowest BCUT2D eigenvalue weighted by Crippen LogP contribution is -1.96. The molecule has 16 heavy (non-hydrogen) atoms. The molecule has 0 N–H and O–H groups in total. The van der Waals surface area contributed by atoms with Gasteiger partial charge in [0.15, 0.2) is 0 Å². The third kappa shape index (κ3) is 1.74. The van der Waals surface area contributed by atoms with E-state index in [2.05, 4.69) is 32.5 Å². The zero-order valence-corrected chi connectivity index (χ0v) is 10.5. The van der Waals surface area contributed by atoms with E-state index in [9.17, 15) is 0 Å². The Balaban J connectivity index is 2.61. The van der Waals surface area contributed by atoms with Gasteiger partial charge in [0.25, 0.3) is 0 Å². The van der Waals surface area contributed by atoms with E-state index in [1.54, 1.807) is 0 Å². The van der Waals surface area contributed by atoms with Gasteiger partial charge in [-0.05, 0) is 53.0 Å². The molecule has 0 saturated carbocycles. The highest BCUT2D eigenvalue weighted by Gasteiger charge is 2.19. The minimum atomic E-state index is 0.646. The largest absolute Gasteiger partial charge is 0.192 e. The van der Waals surface area contributed by atoms with Crippen LogP contribution in [0.25, 0.3) is 5.57 Å². The zero-order valence-electron chi connectivity index (χ0n) is 8.95. The van der Waals surface area contributed by atoms with Gasteiger partial charge >= 0.3 is 0 Å². The highest BCUT2D eigenvalue weighted by atomic mass is 79.9. The van der Waals surface area contributed by atoms with Crippen LogP contribution in [0.5, 0.6) is 0 Å². The first-order chi connectivity index (χ1) is 7.63. The van der Waals surface area contributed by atoms with Crippen molar-refractivity contribution in [3.05, 3.63) is 40.6 Å². The fraction of sp³-hybridized carbons (Fsp3) is 0.167. The van der Waals surface area contributed by atoms with Crippen LogP contribution in [0.4, 0.5) is 0 Å². The van der Waals surface area contributed by atoms with Crippen LogP contribution in [-0.2, 0) is 0 Å². The van der Waals surface area contributed by atoms with Gasteiger partial charge in [-0.2, -0.15) is 10.7 Å². The first-order valence-electron chi connectivity index (χ1n) is 4.80. The van der Waals surface area contributed by atoms with Gasteiger partial charge in [-0.3, -0.25) is 0 Å². The number of aryl methyl sites for hydroxylation is 1. The van der Waals surface area contributed by atoms with E-state index in [-0.39, 0.29) is 0 Å². The molecule has 1 aromatic carbocycles. The fourth-order valence-electron chi connectivity index (χ4n) is 1.64. The first-order valence-corrected chi connectivity index (χ1v) is 5.59. The molecule has 4 heteroatoms. The number of nitrogens with zero attached hydrogens (tertiary/aromatic N) is 3. The lowest BCUT2D eigenvalue weighted by atomic mass is 9.98. The maximum atomic E-state index is 8.90. The van der Waals surface area contributed by atoms with Crippen molar-refractivity contribution in [2.75, 3.05) is 0 Å². The topological polar surface area (TPSA) is 50.2 Å². The lowest BCUT2D eigenvalue weighted by Gasteiger charge is -2.07. The van der Waals surface area contributed by atoms with Gasteiger partial charge < -0.3 is 0 Å². The van der Waals surface area contributed by atoms with E-state index in [0.717, 1.165) is 27.0 Å². The Morgan fingerprint density at radius 1 is 1.31 bits per heavy atom. The molecule has 0 atom stereocenters. The summed E-state index contributed by atoms with van der Waals surface area (Å²) in [6.07, 6.45) is 0. The molecule has 0 spiro atoms. The Kier molecular flexibility index (Phi) is 2.80. The predicted molar refractivity (Wildman–Crippen MR) is 67.0 cm³/mol. The van der Waals surface area contributed by atoms with Crippen molar-refractivity contribution in [3.8, 4) is 6.07 Å². The van der Waals surface area contributed by atoms with E-state index in [1.165, 1.54) is 0 Å². The summed E-state index contributed by atoms with van der Waals surface area (Å²) in [6, 6.07) is 7.75. The molecular formula is C12H9BrN3.